The molecule has 0 aromatic heterocycles. The molecule has 0 fully saturated rings. The Balaban J connectivity index is 0. The zero-order valence-corrected chi connectivity index (χ0v) is 20.4. The fourth-order valence-corrected chi connectivity index (χ4v) is 4.33. The minimum absolute atomic E-state index is 0. The predicted molar refractivity (Wildman–Crippen MR) is 105 cm³/mol. The second-order valence-electron chi connectivity index (χ2n) is 7.39. The number of aliphatic hydroxyl groups excluding tert-OH is 1. The van der Waals surface area contributed by atoms with Crippen molar-refractivity contribution in [1.82, 2.24) is 0 Å². The number of aliphatic hydroxyl groups is 1. The summed E-state index contributed by atoms with van der Waals surface area (Å²) in [6.07, 6.45) is 17.3. The minimum Gasteiger partial charge on any atom is -0.748 e. The van der Waals surface area contributed by atoms with Gasteiger partial charge in [-0.2, -0.15) is 0 Å². The maximum absolute atomic E-state index is 11.0. The first-order valence-corrected chi connectivity index (χ1v) is 12.0. The molecular formula is C20H41NaO4S. The van der Waals surface area contributed by atoms with Gasteiger partial charge in [0.05, 0.1) is 11.4 Å². The zero-order valence-electron chi connectivity index (χ0n) is 17.5. The van der Waals surface area contributed by atoms with Crippen LogP contribution in [0.1, 0.15) is 117 Å². The van der Waals surface area contributed by atoms with E-state index in [-0.39, 0.29) is 36.0 Å². The molecule has 152 valence electrons. The van der Waals surface area contributed by atoms with Crippen LogP contribution in [0.2, 0.25) is 0 Å². The first-order valence-electron chi connectivity index (χ1n) is 10.6. The summed E-state index contributed by atoms with van der Waals surface area (Å²) in [6.45, 7) is 3.88. The van der Waals surface area contributed by atoms with Gasteiger partial charge in [0.1, 0.15) is 10.1 Å². The first kappa shape index (κ1) is 29.1. The van der Waals surface area contributed by atoms with E-state index in [4.69, 9.17) is 0 Å². The van der Waals surface area contributed by atoms with E-state index in [1.807, 2.05) is 0 Å². The first-order chi connectivity index (χ1) is 11.9. The Morgan fingerprint density at radius 3 is 1.38 bits per heavy atom. The van der Waals surface area contributed by atoms with Crippen LogP contribution in [0.4, 0.5) is 0 Å². The molecule has 0 aliphatic heterocycles. The van der Waals surface area contributed by atoms with E-state index in [1.165, 1.54) is 70.6 Å². The molecule has 26 heavy (non-hydrogen) atoms. The Morgan fingerprint density at radius 1 is 0.731 bits per heavy atom. The maximum atomic E-state index is 11.0. The Hall–Kier alpha value is 0.870. The van der Waals surface area contributed by atoms with E-state index in [0.717, 1.165) is 19.3 Å². The Labute approximate surface area is 185 Å². The van der Waals surface area contributed by atoms with Crippen molar-refractivity contribution in [1.29, 1.82) is 0 Å². The summed E-state index contributed by atoms with van der Waals surface area (Å²) < 4.78 is 33.1. The van der Waals surface area contributed by atoms with Crippen LogP contribution in [0.5, 0.6) is 0 Å². The van der Waals surface area contributed by atoms with Gasteiger partial charge in [0.15, 0.2) is 0 Å². The molecular weight excluding hydrogens is 359 g/mol. The molecule has 0 heterocycles. The summed E-state index contributed by atoms with van der Waals surface area (Å²) in [5, 5.41) is 8.71. The van der Waals surface area contributed by atoms with E-state index in [9.17, 15) is 18.1 Å². The second kappa shape index (κ2) is 19.2. The van der Waals surface area contributed by atoms with Gasteiger partial charge >= 0.3 is 29.6 Å². The third-order valence-electron chi connectivity index (χ3n) is 5.06. The number of hydrogen-bond donors (Lipinski definition) is 1. The summed E-state index contributed by atoms with van der Waals surface area (Å²) in [4.78, 5) is 0. The van der Waals surface area contributed by atoms with Crippen LogP contribution in [0, 0.1) is 0 Å². The summed E-state index contributed by atoms with van der Waals surface area (Å²) in [5.41, 5.74) is 0. The largest absolute Gasteiger partial charge is 1.00 e. The van der Waals surface area contributed by atoms with Crippen molar-refractivity contribution in [3.63, 3.8) is 0 Å². The Bertz CT molecular complexity index is 387. The molecule has 6 heteroatoms. The van der Waals surface area contributed by atoms with Crippen LogP contribution in [0.3, 0.4) is 0 Å². The number of unbranched alkanes of at least 4 members (excludes halogenated alkanes) is 13. The van der Waals surface area contributed by atoms with E-state index >= 15 is 0 Å². The normalized spacial score (nSPS) is 14.0. The molecule has 0 saturated heterocycles. The molecule has 0 aliphatic rings. The van der Waals surface area contributed by atoms with Gasteiger partial charge in [0, 0.05) is 0 Å². The number of hydrogen-bond acceptors (Lipinski definition) is 4. The molecule has 2 unspecified atom stereocenters. The topological polar surface area (TPSA) is 77.4 Å². The van der Waals surface area contributed by atoms with Crippen molar-refractivity contribution in [3.05, 3.63) is 0 Å². The van der Waals surface area contributed by atoms with Crippen molar-refractivity contribution in [2.24, 2.45) is 0 Å². The van der Waals surface area contributed by atoms with E-state index < -0.39 is 21.5 Å². The molecule has 2 atom stereocenters. The van der Waals surface area contributed by atoms with Crippen LogP contribution in [-0.2, 0) is 10.1 Å². The van der Waals surface area contributed by atoms with Crippen molar-refractivity contribution in [2.45, 2.75) is 128 Å². The van der Waals surface area contributed by atoms with Gasteiger partial charge in [0.25, 0.3) is 0 Å². The van der Waals surface area contributed by atoms with Crippen molar-refractivity contribution >= 4 is 10.1 Å². The van der Waals surface area contributed by atoms with Crippen LogP contribution in [0.15, 0.2) is 0 Å². The summed E-state index contributed by atoms with van der Waals surface area (Å²) in [7, 11) is -4.38. The Morgan fingerprint density at radius 2 is 1.08 bits per heavy atom. The summed E-state index contributed by atoms with van der Waals surface area (Å²) in [5.74, 6) is 0. The molecule has 0 radical (unpaired) electrons. The van der Waals surface area contributed by atoms with Gasteiger partial charge in [-0.25, -0.2) is 8.42 Å². The van der Waals surface area contributed by atoms with Crippen LogP contribution < -0.4 is 29.6 Å². The third kappa shape index (κ3) is 17.0. The SMILES string of the molecule is CCCCCCCCCCCCCCCCC(O)C(CC)S(=O)(=O)[O-].[Na+]. The average Bonchev–Trinajstić information content (AvgIpc) is 2.54. The van der Waals surface area contributed by atoms with E-state index in [0.29, 0.717) is 6.42 Å². The van der Waals surface area contributed by atoms with Crippen LogP contribution in [0.25, 0.3) is 0 Å². The van der Waals surface area contributed by atoms with Gasteiger partial charge in [-0.15, -0.1) is 0 Å². The molecule has 0 rings (SSSR count). The zero-order chi connectivity index (χ0) is 19.0. The summed E-state index contributed by atoms with van der Waals surface area (Å²) in [6, 6.07) is 0. The minimum atomic E-state index is -4.38. The predicted octanol–water partition coefficient (Wildman–Crippen LogP) is 2.55. The smallest absolute Gasteiger partial charge is 0.748 e. The molecule has 0 saturated carbocycles. The quantitative estimate of drug-likeness (QED) is 0.218. The van der Waals surface area contributed by atoms with Crippen LogP contribution in [-0.4, -0.2) is 29.4 Å². The molecule has 0 bridgehead atoms. The van der Waals surface area contributed by atoms with Gasteiger partial charge in [-0.3, -0.25) is 0 Å². The van der Waals surface area contributed by atoms with Gasteiger partial charge < -0.3 is 9.66 Å². The van der Waals surface area contributed by atoms with Gasteiger partial charge in [-0.1, -0.05) is 104 Å². The van der Waals surface area contributed by atoms with Crippen molar-refractivity contribution < 1.29 is 47.6 Å². The second-order valence-corrected chi connectivity index (χ2v) is 8.98. The molecule has 1 N–H and O–H groups in total. The third-order valence-corrected chi connectivity index (χ3v) is 6.44. The fourth-order valence-electron chi connectivity index (χ4n) is 3.40. The van der Waals surface area contributed by atoms with E-state index in [2.05, 4.69) is 6.92 Å². The molecule has 4 nitrogen and oxygen atoms in total. The summed E-state index contributed by atoms with van der Waals surface area (Å²) >= 11 is 0. The molecule has 0 aromatic carbocycles. The molecule has 0 aromatic rings. The fraction of sp³-hybridized carbons (Fsp3) is 1.00. The van der Waals surface area contributed by atoms with Crippen LogP contribution >= 0.6 is 0 Å². The van der Waals surface area contributed by atoms with E-state index in [1.54, 1.807) is 6.92 Å². The number of rotatable bonds is 18. The standard InChI is InChI=1S/C20H42O4S.Na/c1-3-5-6-7-8-9-10-11-12-13-14-15-16-17-18-19(21)20(4-2)25(22,23)24;/h19-21H,3-18H2,1-2H3,(H,22,23,24);/q;+1/p-1. The van der Waals surface area contributed by atoms with Gasteiger partial charge in [0.2, 0.25) is 0 Å². The Kier molecular flexibility index (Phi) is 21.5. The molecule has 0 aliphatic carbocycles. The average molecular weight is 401 g/mol. The van der Waals surface area contributed by atoms with Gasteiger partial charge in [-0.05, 0) is 12.8 Å². The maximum Gasteiger partial charge on any atom is 1.00 e. The van der Waals surface area contributed by atoms with Crippen molar-refractivity contribution in [3.8, 4) is 0 Å². The van der Waals surface area contributed by atoms with Crippen molar-refractivity contribution in [2.75, 3.05) is 0 Å². The monoisotopic (exact) mass is 400 g/mol. The molecule has 0 amide bonds. The molecule has 0 spiro atoms.